The highest BCUT2D eigenvalue weighted by Crippen LogP contribution is 2.04. The van der Waals surface area contributed by atoms with Gasteiger partial charge in [0.1, 0.15) is 0 Å². The molecule has 0 aliphatic heterocycles. The molecule has 0 aromatic carbocycles. The highest BCUT2D eigenvalue weighted by molar-refractivity contribution is 6.19. The van der Waals surface area contributed by atoms with Crippen molar-refractivity contribution >= 4 is 23.5 Å². The molecule has 76 valence electrons. The summed E-state index contributed by atoms with van der Waals surface area (Å²) in [4.78, 5) is 19.3. The van der Waals surface area contributed by atoms with Crippen molar-refractivity contribution in [2.45, 2.75) is 20.3 Å². The third kappa shape index (κ3) is 3.30. The van der Waals surface area contributed by atoms with Crippen LogP contribution in [0, 0.1) is 13.8 Å². The fourth-order valence-electron chi connectivity index (χ4n) is 1.05. The summed E-state index contributed by atoms with van der Waals surface area (Å²) < 4.78 is 0. The Morgan fingerprint density at radius 2 is 2.00 bits per heavy atom. The molecule has 1 amide bonds. The molecular weight excluding hydrogens is 202 g/mol. The average Bonchev–Trinajstić information content (AvgIpc) is 2.01. The largest absolute Gasteiger partial charge is 0.294 e. The van der Waals surface area contributed by atoms with Crippen LogP contribution in [-0.2, 0) is 4.79 Å². The van der Waals surface area contributed by atoms with Crippen LogP contribution in [0.5, 0.6) is 0 Å². The van der Waals surface area contributed by atoms with Crippen LogP contribution in [0.25, 0.3) is 0 Å². The zero-order valence-electron chi connectivity index (χ0n) is 8.17. The molecule has 1 N–H and O–H groups in total. The Balaban J connectivity index is 2.71. The smallest absolute Gasteiger partial charge is 0.229 e. The quantitative estimate of drug-likeness (QED) is 0.777. The summed E-state index contributed by atoms with van der Waals surface area (Å²) in [5, 5.41) is 2.58. The van der Waals surface area contributed by atoms with Crippen LogP contribution >= 0.6 is 11.6 Å². The summed E-state index contributed by atoms with van der Waals surface area (Å²) in [5.74, 6) is 0.485. The molecule has 0 aliphatic carbocycles. The number of aromatic nitrogens is 2. The van der Waals surface area contributed by atoms with E-state index in [2.05, 4.69) is 15.3 Å². The van der Waals surface area contributed by atoms with E-state index in [0.29, 0.717) is 11.8 Å². The van der Waals surface area contributed by atoms with Gasteiger partial charge in [0.15, 0.2) is 0 Å². The monoisotopic (exact) mass is 213 g/mol. The molecule has 1 aromatic rings. The number of hydrogen-bond acceptors (Lipinski definition) is 3. The number of hydrogen-bond donors (Lipinski definition) is 1. The summed E-state index contributed by atoms with van der Waals surface area (Å²) in [5.41, 5.74) is 1.66. The summed E-state index contributed by atoms with van der Waals surface area (Å²) in [6, 6.07) is 1.84. The Labute approximate surface area is 87.7 Å². The Morgan fingerprint density at radius 1 is 1.43 bits per heavy atom. The summed E-state index contributed by atoms with van der Waals surface area (Å²) in [7, 11) is 0. The van der Waals surface area contributed by atoms with Gasteiger partial charge in [-0.15, -0.1) is 11.6 Å². The number of nitrogens with one attached hydrogen (secondary N) is 1. The van der Waals surface area contributed by atoms with Gasteiger partial charge in [-0.2, -0.15) is 0 Å². The number of nitrogens with zero attached hydrogens (tertiary/aromatic N) is 2. The van der Waals surface area contributed by atoms with Gasteiger partial charge in [0, 0.05) is 23.7 Å². The van der Waals surface area contributed by atoms with E-state index in [9.17, 15) is 4.79 Å². The molecule has 0 saturated heterocycles. The lowest BCUT2D eigenvalue weighted by Gasteiger charge is -2.03. The molecular formula is C9H12ClN3O. The zero-order valence-corrected chi connectivity index (χ0v) is 8.93. The van der Waals surface area contributed by atoms with E-state index in [-0.39, 0.29) is 12.3 Å². The Bertz CT molecular complexity index is 321. The van der Waals surface area contributed by atoms with Crippen LogP contribution < -0.4 is 5.32 Å². The number of alkyl halides is 1. The van der Waals surface area contributed by atoms with Gasteiger partial charge in [-0.05, 0) is 19.9 Å². The van der Waals surface area contributed by atoms with Crippen molar-refractivity contribution in [3.05, 3.63) is 17.5 Å². The van der Waals surface area contributed by atoms with Crippen molar-refractivity contribution in [1.82, 2.24) is 9.97 Å². The van der Waals surface area contributed by atoms with E-state index in [1.807, 2.05) is 19.9 Å². The SMILES string of the molecule is Cc1cc(C)nc(NC(=O)CCCl)n1. The van der Waals surface area contributed by atoms with Gasteiger partial charge in [0.2, 0.25) is 11.9 Å². The van der Waals surface area contributed by atoms with Crippen LogP contribution in [0.2, 0.25) is 0 Å². The van der Waals surface area contributed by atoms with Gasteiger partial charge in [-0.25, -0.2) is 9.97 Å². The minimum atomic E-state index is -0.162. The van der Waals surface area contributed by atoms with Crippen molar-refractivity contribution in [3.63, 3.8) is 0 Å². The van der Waals surface area contributed by atoms with Crippen molar-refractivity contribution in [2.75, 3.05) is 11.2 Å². The van der Waals surface area contributed by atoms with Crippen LogP contribution in [0.3, 0.4) is 0 Å². The minimum Gasteiger partial charge on any atom is -0.294 e. The molecule has 4 nitrogen and oxygen atoms in total. The highest BCUT2D eigenvalue weighted by atomic mass is 35.5. The molecule has 0 atom stereocenters. The lowest BCUT2D eigenvalue weighted by molar-refractivity contribution is -0.115. The third-order valence-electron chi connectivity index (χ3n) is 1.56. The molecule has 0 radical (unpaired) electrons. The van der Waals surface area contributed by atoms with E-state index < -0.39 is 0 Å². The maximum absolute atomic E-state index is 11.2. The third-order valence-corrected chi connectivity index (χ3v) is 1.74. The first kappa shape index (κ1) is 10.9. The molecule has 0 bridgehead atoms. The second-order valence-electron chi connectivity index (χ2n) is 2.96. The molecule has 0 aliphatic rings. The summed E-state index contributed by atoms with van der Waals surface area (Å²) in [6.07, 6.45) is 0.276. The fraction of sp³-hybridized carbons (Fsp3) is 0.444. The Hall–Kier alpha value is -1.16. The second-order valence-corrected chi connectivity index (χ2v) is 3.34. The van der Waals surface area contributed by atoms with Crippen LogP contribution in [0.15, 0.2) is 6.07 Å². The van der Waals surface area contributed by atoms with Crippen LogP contribution in [0.4, 0.5) is 5.95 Å². The second kappa shape index (κ2) is 4.91. The molecule has 1 rings (SSSR count). The number of anilines is 1. The Morgan fingerprint density at radius 3 is 2.50 bits per heavy atom. The maximum Gasteiger partial charge on any atom is 0.229 e. The zero-order chi connectivity index (χ0) is 10.6. The van der Waals surface area contributed by atoms with Gasteiger partial charge in [-0.1, -0.05) is 0 Å². The lowest BCUT2D eigenvalue weighted by Crippen LogP contribution is -2.14. The van der Waals surface area contributed by atoms with Crippen molar-refractivity contribution in [3.8, 4) is 0 Å². The van der Waals surface area contributed by atoms with Crippen molar-refractivity contribution in [2.24, 2.45) is 0 Å². The predicted octanol–water partition coefficient (Wildman–Crippen LogP) is 1.66. The molecule has 0 fully saturated rings. The number of carbonyl (C=O) groups is 1. The first-order chi connectivity index (χ1) is 6.61. The Kier molecular flexibility index (Phi) is 3.83. The van der Waals surface area contributed by atoms with E-state index >= 15 is 0 Å². The normalized spacial score (nSPS) is 9.93. The maximum atomic E-state index is 11.2. The van der Waals surface area contributed by atoms with E-state index in [0.717, 1.165) is 11.4 Å². The fourth-order valence-corrected chi connectivity index (χ4v) is 1.23. The standard InChI is InChI=1S/C9H12ClN3O/c1-6-5-7(2)12-9(11-6)13-8(14)3-4-10/h5H,3-4H2,1-2H3,(H,11,12,13,14). The van der Waals surface area contributed by atoms with Gasteiger partial charge >= 0.3 is 0 Å². The lowest BCUT2D eigenvalue weighted by atomic mass is 10.3. The number of carbonyl (C=O) groups excluding carboxylic acids is 1. The van der Waals surface area contributed by atoms with Gasteiger partial charge in [0.05, 0.1) is 0 Å². The minimum absolute atomic E-state index is 0.162. The van der Waals surface area contributed by atoms with E-state index in [4.69, 9.17) is 11.6 Å². The van der Waals surface area contributed by atoms with Crippen molar-refractivity contribution < 1.29 is 4.79 Å². The first-order valence-electron chi connectivity index (χ1n) is 4.30. The number of halogens is 1. The van der Waals surface area contributed by atoms with Crippen molar-refractivity contribution in [1.29, 1.82) is 0 Å². The van der Waals surface area contributed by atoms with Crippen LogP contribution in [0.1, 0.15) is 17.8 Å². The average molecular weight is 214 g/mol. The topological polar surface area (TPSA) is 54.9 Å². The molecule has 5 heteroatoms. The molecule has 0 spiro atoms. The van der Waals surface area contributed by atoms with Gasteiger partial charge < -0.3 is 0 Å². The molecule has 0 unspecified atom stereocenters. The summed E-state index contributed by atoms with van der Waals surface area (Å²) >= 11 is 5.42. The highest BCUT2D eigenvalue weighted by Gasteiger charge is 2.04. The first-order valence-corrected chi connectivity index (χ1v) is 4.83. The molecule has 14 heavy (non-hydrogen) atoms. The van der Waals surface area contributed by atoms with E-state index in [1.165, 1.54) is 0 Å². The predicted molar refractivity (Wildman–Crippen MR) is 55.5 cm³/mol. The number of aryl methyl sites for hydroxylation is 2. The molecule has 1 heterocycles. The summed E-state index contributed by atoms with van der Waals surface area (Å²) in [6.45, 7) is 3.71. The molecule has 1 aromatic heterocycles. The van der Waals surface area contributed by atoms with Gasteiger partial charge in [-0.3, -0.25) is 10.1 Å². The van der Waals surface area contributed by atoms with Crippen LogP contribution in [-0.4, -0.2) is 21.8 Å². The number of rotatable bonds is 3. The van der Waals surface area contributed by atoms with Gasteiger partial charge in [0.25, 0.3) is 0 Å². The van der Waals surface area contributed by atoms with E-state index in [1.54, 1.807) is 0 Å². The molecule has 0 saturated carbocycles. The number of amides is 1.